The van der Waals surface area contributed by atoms with Gasteiger partial charge in [-0.15, -0.1) is 0 Å². The molecule has 4 rings (SSSR count). The summed E-state index contributed by atoms with van der Waals surface area (Å²) in [5.41, 5.74) is 6.71. The van der Waals surface area contributed by atoms with Gasteiger partial charge in [0, 0.05) is 12.5 Å². The normalized spacial score (nSPS) is 17.6. The number of hydrogen-bond acceptors (Lipinski definition) is 7. The number of fused-ring (bicyclic) bond motifs is 1. The van der Waals surface area contributed by atoms with E-state index in [1.807, 2.05) is 0 Å². The van der Waals surface area contributed by atoms with Gasteiger partial charge in [-0.05, 0) is 25.0 Å². The van der Waals surface area contributed by atoms with Gasteiger partial charge in [-0.3, -0.25) is 4.40 Å². The molecule has 1 aliphatic rings. The largest absolute Gasteiger partial charge is 0.332 e. The van der Waals surface area contributed by atoms with E-state index in [4.69, 9.17) is 10.3 Å². The third-order valence-electron chi connectivity index (χ3n) is 4.42. The molecule has 0 atom stereocenters. The first-order chi connectivity index (χ1) is 11.4. The molecule has 0 radical (unpaired) electrons. The lowest BCUT2D eigenvalue weighted by molar-refractivity contribution is 0.372. The van der Waals surface area contributed by atoms with E-state index in [0.717, 1.165) is 31.9 Å². The van der Waals surface area contributed by atoms with E-state index in [0.29, 0.717) is 17.0 Å². The van der Waals surface area contributed by atoms with Crippen LogP contribution in [0.25, 0.3) is 17.1 Å². The molecule has 3 aromatic rings. The fourth-order valence-electron chi connectivity index (χ4n) is 3.18. The molecule has 9 heteroatoms. The number of imidazole rings is 1. The van der Waals surface area contributed by atoms with Crippen molar-refractivity contribution in [2.75, 3.05) is 6.26 Å². The molecular weight excluding hydrogens is 330 g/mol. The van der Waals surface area contributed by atoms with Crippen LogP contribution < -0.4 is 5.73 Å². The van der Waals surface area contributed by atoms with Crippen molar-refractivity contribution < 1.29 is 12.9 Å². The Labute approximate surface area is 138 Å². The average Bonchev–Trinajstić information content (AvgIpc) is 3.23. The molecule has 1 aliphatic carbocycles. The number of rotatable bonds is 3. The minimum atomic E-state index is -3.50. The van der Waals surface area contributed by atoms with E-state index >= 15 is 0 Å². The Balaban J connectivity index is 1.87. The summed E-state index contributed by atoms with van der Waals surface area (Å²) in [4.78, 5) is 8.64. The van der Waals surface area contributed by atoms with E-state index in [2.05, 4.69) is 15.1 Å². The van der Waals surface area contributed by atoms with Crippen LogP contribution in [0.4, 0.5) is 0 Å². The second kappa shape index (κ2) is 5.12. The molecule has 1 saturated carbocycles. The van der Waals surface area contributed by atoms with Gasteiger partial charge < -0.3 is 10.3 Å². The van der Waals surface area contributed by atoms with Gasteiger partial charge in [0.1, 0.15) is 0 Å². The van der Waals surface area contributed by atoms with Crippen LogP contribution in [-0.2, 0) is 15.4 Å². The molecule has 0 amide bonds. The Kier molecular flexibility index (Phi) is 3.26. The summed E-state index contributed by atoms with van der Waals surface area (Å²) in [6.45, 7) is 0. The summed E-state index contributed by atoms with van der Waals surface area (Å²) < 4.78 is 30.8. The maximum Gasteiger partial charge on any atom is 0.278 e. The van der Waals surface area contributed by atoms with E-state index in [-0.39, 0.29) is 11.0 Å². The highest BCUT2D eigenvalue weighted by Gasteiger charge is 2.36. The number of nitrogens with zero attached hydrogens (tertiary/aromatic N) is 4. The zero-order chi connectivity index (χ0) is 16.9. The van der Waals surface area contributed by atoms with Gasteiger partial charge >= 0.3 is 0 Å². The van der Waals surface area contributed by atoms with Crippen molar-refractivity contribution in [3.05, 3.63) is 30.2 Å². The first-order valence-electron chi connectivity index (χ1n) is 7.69. The van der Waals surface area contributed by atoms with Crippen molar-refractivity contribution in [1.82, 2.24) is 19.5 Å². The monoisotopic (exact) mass is 347 g/mol. The Morgan fingerprint density at radius 1 is 1.25 bits per heavy atom. The third kappa shape index (κ3) is 2.31. The summed E-state index contributed by atoms with van der Waals surface area (Å²) in [7, 11) is -3.50. The molecule has 3 aromatic heterocycles. The molecule has 0 aromatic carbocycles. The lowest BCUT2D eigenvalue weighted by Gasteiger charge is -2.17. The van der Waals surface area contributed by atoms with E-state index in [1.165, 1.54) is 4.40 Å². The Bertz CT molecular complexity index is 1010. The summed E-state index contributed by atoms with van der Waals surface area (Å²) in [5.74, 6) is 0.633. The third-order valence-corrected chi connectivity index (χ3v) is 5.37. The van der Waals surface area contributed by atoms with E-state index in [1.54, 1.807) is 24.4 Å². The van der Waals surface area contributed by atoms with Crippen LogP contribution in [0.5, 0.6) is 0 Å². The van der Waals surface area contributed by atoms with Crippen molar-refractivity contribution >= 4 is 15.4 Å². The maximum atomic E-state index is 12.0. The second-order valence-electron chi connectivity index (χ2n) is 6.26. The van der Waals surface area contributed by atoms with E-state index < -0.39 is 15.4 Å². The van der Waals surface area contributed by atoms with Crippen LogP contribution in [0.15, 0.2) is 34.1 Å². The highest BCUT2D eigenvalue weighted by molar-refractivity contribution is 7.90. The Morgan fingerprint density at radius 2 is 2.00 bits per heavy atom. The zero-order valence-electron chi connectivity index (χ0n) is 13.1. The van der Waals surface area contributed by atoms with Crippen molar-refractivity contribution in [1.29, 1.82) is 0 Å². The van der Waals surface area contributed by atoms with E-state index in [9.17, 15) is 8.42 Å². The fourth-order valence-corrected chi connectivity index (χ4v) is 3.95. The standard InChI is InChI=1S/C15H17N5O3S/c1-24(21,22)14-17-11(10-6-2-5-9-20(10)14)12-18-13(19-23-12)15(16)7-3-4-8-15/h2,5-6,9H,3-4,7-8,16H2,1H3. The van der Waals surface area contributed by atoms with Crippen molar-refractivity contribution in [2.45, 2.75) is 36.4 Å². The van der Waals surface area contributed by atoms with Crippen molar-refractivity contribution in [3.63, 3.8) is 0 Å². The van der Waals surface area contributed by atoms with Crippen LogP contribution in [0, 0.1) is 0 Å². The van der Waals surface area contributed by atoms with Crippen molar-refractivity contribution in [2.24, 2.45) is 5.73 Å². The molecule has 0 spiro atoms. The smallest absolute Gasteiger partial charge is 0.278 e. The predicted molar refractivity (Wildman–Crippen MR) is 85.9 cm³/mol. The van der Waals surface area contributed by atoms with Gasteiger partial charge in [-0.1, -0.05) is 24.1 Å². The SMILES string of the molecule is CS(=O)(=O)c1nc(-c2nc(C3(N)CCCC3)no2)c2ccccn12. The quantitative estimate of drug-likeness (QED) is 0.763. The van der Waals surface area contributed by atoms with Crippen molar-refractivity contribution in [3.8, 4) is 11.6 Å². The maximum absolute atomic E-state index is 12.0. The first-order valence-corrected chi connectivity index (χ1v) is 9.58. The molecule has 0 saturated heterocycles. The zero-order valence-corrected chi connectivity index (χ0v) is 14.0. The number of sulfone groups is 1. The molecular formula is C15H17N5O3S. The summed E-state index contributed by atoms with van der Waals surface area (Å²) in [6, 6.07) is 5.29. The number of nitrogens with two attached hydrogens (primary N) is 1. The van der Waals surface area contributed by atoms with Gasteiger partial charge in [0.15, 0.2) is 11.5 Å². The van der Waals surface area contributed by atoms with Gasteiger partial charge in [0.25, 0.3) is 5.89 Å². The summed E-state index contributed by atoms with van der Waals surface area (Å²) >= 11 is 0. The molecule has 0 unspecified atom stereocenters. The Hall–Kier alpha value is -2.26. The highest BCUT2D eigenvalue weighted by atomic mass is 32.2. The van der Waals surface area contributed by atoms with Gasteiger partial charge in [-0.2, -0.15) is 4.98 Å². The van der Waals surface area contributed by atoms with Gasteiger partial charge in [0.05, 0.1) is 11.1 Å². The van der Waals surface area contributed by atoms with Crippen LogP contribution in [0.3, 0.4) is 0 Å². The summed E-state index contributed by atoms with van der Waals surface area (Å²) in [5, 5.41) is 3.96. The van der Waals surface area contributed by atoms with Crippen LogP contribution >= 0.6 is 0 Å². The Morgan fingerprint density at radius 3 is 2.71 bits per heavy atom. The molecule has 2 N–H and O–H groups in total. The fraction of sp³-hybridized carbons (Fsp3) is 0.400. The number of hydrogen-bond donors (Lipinski definition) is 1. The summed E-state index contributed by atoms with van der Waals surface area (Å²) in [6.07, 6.45) is 6.44. The molecule has 3 heterocycles. The lowest BCUT2D eigenvalue weighted by atomic mass is 9.99. The highest BCUT2D eigenvalue weighted by Crippen LogP contribution is 2.36. The first kappa shape index (κ1) is 15.3. The molecule has 126 valence electrons. The molecule has 0 bridgehead atoms. The van der Waals surface area contributed by atoms with Crippen LogP contribution in [-0.4, -0.2) is 34.2 Å². The average molecular weight is 347 g/mol. The van der Waals surface area contributed by atoms with Crippen LogP contribution in [0.2, 0.25) is 0 Å². The molecule has 0 aliphatic heterocycles. The minimum absolute atomic E-state index is 0.0591. The number of aromatic nitrogens is 4. The number of pyridine rings is 1. The van der Waals surface area contributed by atoms with Crippen LogP contribution in [0.1, 0.15) is 31.5 Å². The predicted octanol–water partition coefficient (Wildman–Crippen LogP) is 1.52. The molecule has 8 nitrogen and oxygen atoms in total. The lowest BCUT2D eigenvalue weighted by Crippen LogP contribution is -2.34. The molecule has 1 fully saturated rings. The van der Waals surface area contributed by atoms with Gasteiger partial charge in [0.2, 0.25) is 15.0 Å². The van der Waals surface area contributed by atoms with Gasteiger partial charge in [-0.25, -0.2) is 13.4 Å². The second-order valence-corrected chi connectivity index (χ2v) is 8.17. The molecule has 24 heavy (non-hydrogen) atoms. The minimum Gasteiger partial charge on any atom is -0.332 e. The topological polar surface area (TPSA) is 116 Å².